The topological polar surface area (TPSA) is 56.3 Å². The van der Waals surface area contributed by atoms with E-state index in [4.69, 9.17) is 4.42 Å². The average molecular weight is 333 g/mol. The second-order valence-electron chi connectivity index (χ2n) is 5.02. The van der Waals surface area contributed by atoms with Crippen molar-refractivity contribution >= 4 is 5.69 Å². The molecule has 0 saturated carbocycles. The summed E-state index contributed by atoms with van der Waals surface area (Å²) >= 11 is 0. The van der Waals surface area contributed by atoms with Crippen LogP contribution in [-0.4, -0.2) is 4.92 Å². The highest BCUT2D eigenvalue weighted by Crippen LogP contribution is 2.36. The molecule has 0 bridgehead atoms. The van der Waals surface area contributed by atoms with Gasteiger partial charge in [-0.15, -0.1) is 0 Å². The molecule has 2 aromatic carbocycles. The number of rotatable bonds is 3. The molecule has 0 N–H and O–H groups in total. The number of alkyl halides is 3. The molecule has 1 heterocycles. The third-order valence-corrected chi connectivity index (χ3v) is 3.45. The van der Waals surface area contributed by atoms with Crippen molar-refractivity contribution < 1.29 is 22.5 Å². The Bertz CT molecular complexity index is 900. The number of furan rings is 1. The largest absolute Gasteiger partial charge is 0.456 e. The maximum absolute atomic E-state index is 12.8. The van der Waals surface area contributed by atoms with Crippen LogP contribution in [-0.2, 0) is 6.18 Å². The second kappa shape index (κ2) is 5.84. The molecule has 0 atom stereocenters. The molecule has 24 heavy (non-hydrogen) atoms. The number of nitro benzene ring substituents is 1. The van der Waals surface area contributed by atoms with Crippen LogP contribution in [0, 0.1) is 10.1 Å². The van der Waals surface area contributed by atoms with Crippen LogP contribution in [0.15, 0.2) is 65.1 Å². The van der Waals surface area contributed by atoms with Gasteiger partial charge in [-0.05, 0) is 30.3 Å². The van der Waals surface area contributed by atoms with Crippen LogP contribution in [0.5, 0.6) is 0 Å². The van der Waals surface area contributed by atoms with Crippen LogP contribution in [0.25, 0.3) is 22.6 Å². The minimum atomic E-state index is -4.45. The Labute approximate surface area is 134 Å². The third kappa shape index (κ3) is 3.01. The molecular formula is C17H10F3NO3. The van der Waals surface area contributed by atoms with Crippen LogP contribution in [0.3, 0.4) is 0 Å². The minimum absolute atomic E-state index is 0.137. The molecule has 0 fully saturated rings. The molecule has 0 aliphatic heterocycles. The van der Waals surface area contributed by atoms with Gasteiger partial charge >= 0.3 is 6.18 Å². The standard InChI is InChI=1S/C17H10F3NO3/c18-17(19,20)12-5-3-4-11(10-12)15-8-9-16(24-15)13-6-1-2-7-14(13)21(22)23/h1-10H. The summed E-state index contributed by atoms with van der Waals surface area (Å²) in [5.41, 5.74) is -0.415. The van der Waals surface area contributed by atoms with Crippen molar-refractivity contribution in [2.75, 3.05) is 0 Å². The van der Waals surface area contributed by atoms with Gasteiger partial charge in [-0.3, -0.25) is 10.1 Å². The summed E-state index contributed by atoms with van der Waals surface area (Å²) in [7, 11) is 0. The zero-order valence-corrected chi connectivity index (χ0v) is 12.1. The highest BCUT2D eigenvalue weighted by molar-refractivity contribution is 5.72. The van der Waals surface area contributed by atoms with E-state index in [0.29, 0.717) is 0 Å². The molecule has 0 unspecified atom stereocenters. The maximum Gasteiger partial charge on any atom is 0.416 e. The van der Waals surface area contributed by atoms with E-state index in [1.165, 1.54) is 42.5 Å². The summed E-state index contributed by atoms with van der Waals surface area (Å²) in [5, 5.41) is 11.1. The van der Waals surface area contributed by atoms with Crippen LogP contribution >= 0.6 is 0 Å². The molecule has 122 valence electrons. The Hall–Kier alpha value is -3.09. The lowest BCUT2D eigenvalue weighted by Crippen LogP contribution is -2.04. The van der Waals surface area contributed by atoms with Gasteiger partial charge in [0.25, 0.3) is 5.69 Å². The van der Waals surface area contributed by atoms with Crippen LogP contribution < -0.4 is 0 Å². The predicted molar refractivity (Wildman–Crippen MR) is 81.2 cm³/mol. The van der Waals surface area contributed by atoms with Gasteiger partial charge in [-0.1, -0.05) is 24.3 Å². The van der Waals surface area contributed by atoms with Crippen molar-refractivity contribution in [1.82, 2.24) is 0 Å². The van der Waals surface area contributed by atoms with Gasteiger partial charge in [0.1, 0.15) is 11.5 Å². The number of nitro groups is 1. The molecule has 3 rings (SSSR count). The van der Waals surface area contributed by atoms with E-state index in [-0.39, 0.29) is 28.3 Å². The molecule has 7 heteroatoms. The number of para-hydroxylation sites is 1. The summed E-state index contributed by atoms with van der Waals surface area (Å²) < 4.78 is 43.9. The number of hydrogen-bond acceptors (Lipinski definition) is 3. The molecule has 3 aromatic rings. The summed E-state index contributed by atoms with van der Waals surface area (Å²) in [5.74, 6) is 0.420. The number of hydrogen-bond donors (Lipinski definition) is 0. The van der Waals surface area contributed by atoms with Gasteiger partial charge in [0.2, 0.25) is 0 Å². The maximum atomic E-state index is 12.8. The molecule has 0 amide bonds. The lowest BCUT2D eigenvalue weighted by molar-refractivity contribution is -0.384. The average Bonchev–Trinajstić information content (AvgIpc) is 3.04. The zero-order valence-electron chi connectivity index (χ0n) is 12.1. The monoisotopic (exact) mass is 333 g/mol. The summed E-state index contributed by atoms with van der Waals surface area (Å²) in [6, 6.07) is 13.7. The third-order valence-electron chi connectivity index (χ3n) is 3.45. The Kier molecular flexibility index (Phi) is 3.84. The highest BCUT2D eigenvalue weighted by atomic mass is 19.4. The van der Waals surface area contributed by atoms with Gasteiger partial charge in [0.15, 0.2) is 0 Å². The molecule has 0 aliphatic rings. The van der Waals surface area contributed by atoms with Gasteiger partial charge in [-0.25, -0.2) is 0 Å². The normalized spacial score (nSPS) is 11.5. The lowest BCUT2D eigenvalue weighted by Gasteiger charge is -2.07. The van der Waals surface area contributed by atoms with Crippen LogP contribution in [0.2, 0.25) is 0 Å². The van der Waals surface area contributed by atoms with Gasteiger partial charge in [0.05, 0.1) is 16.1 Å². The van der Waals surface area contributed by atoms with Gasteiger partial charge in [-0.2, -0.15) is 13.2 Å². The first kappa shape index (κ1) is 15.8. The molecule has 0 aliphatic carbocycles. The van der Waals surface area contributed by atoms with Crippen LogP contribution in [0.4, 0.5) is 18.9 Å². The number of halogens is 3. The van der Waals surface area contributed by atoms with E-state index in [0.717, 1.165) is 12.1 Å². The summed E-state index contributed by atoms with van der Waals surface area (Å²) in [4.78, 5) is 10.5. The number of nitrogens with zero attached hydrogens (tertiary/aromatic N) is 1. The van der Waals surface area contributed by atoms with E-state index in [1.54, 1.807) is 6.07 Å². The van der Waals surface area contributed by atoms with Crippen molar-refractivity contribution in [2.45, 2.75) is 6.18 Å². The fraction of sp³-hybridized carbons (Fsp3) is 0.0588. The Morgan fingerprint density at radius 3 is 2.33 bits per heavy atom. The highest BCUT2D eigenvalue weighted by Gasteiger charge is 2.30. The molecule has 4 nitrogen and oxygen atoms in total. The van der Waals surface area contributed by atoms with E-state index in [2.05, 4.69) is 0 Å². The first-order chi connectivity index (χ1) is 11.4. The van der Waals surface area contributed by atoms with Gasteiger partial charge in [0, 0.05) is 11.6 Å². The SMILES string of the molecule is O=[N+]([O-])c1ccccc1-c1ccc(-c2cccc(C(F)(F)F)c2)o1. The Morgan fingerprint density at radius 1 is 0.917 bits per heavy atom. The molecule has 0 spiro atoms. The van der Waals surface area contributed by atoms with E-state index < -0.39 is 16.7 Å². The van der Waals surface area contributed by atoms with E-state index in [9.17, 15) is 23.3 Å². The van der Waals surface area contributed by atoms with Crippen molar-refractivity contribution in [3.63, 3.8) is 0 Å². The predicted octanol–water partition coefficient (Wildman–Crippen LogP) is 5.54. The quantitative estimate of drug-likeness (QED) is 0.467. The molecule has 0 radical (unpaired) electrons. The van der Waals surface area contributed by atoms with Crippen molar-refractivity contribution in [1.29, 1.82) is 0 Å². The van der Waals surface area contributed by atoms with Crippen LogP contribution in [0.1, 0.15) is 5.56 Å². The Balaban J connectivity index is 2.02. The lowest BCUT2D eigenvalue weighted by atomic mass is 10.1. The molecular weight excluding hydrogens is 323 g/mol. The van der Waals surface area contributed by atoms with E-state index >= 15 is 0 Å². The van der Waals surface area contributed by atoms with Crippen molar-refractivity contribution in [3.05, 3.63) is 76.3 Å². The first-order valence-electron chi connectivity index (χ1n) is 6.87. The minimum Gasteiger partial charge on any atom is -0.456 e. The zero-order chi connectivity index (χ0) is 17.3. The van der Waals surface area contributed by atoms with Gasteiger partial charge < -0.3 is 4.42 Å². The summed E-state index contributed by atoms with van der Waals surface area (Å²) in [6.07, 6.45) is -4.45. The fourth-order valence-corrected chi connectivity index (χ4v) is 2.33. The number of benzene rings is 2. The summed E-state index contributed by atoms with van der Waals surface area (Å²) in [6.45, 7) is 0. The van der Waals surface area contributed by atoms with Crippen molar-refractivity contribution in [2.24, 2.45) is 0 Å². The first-order valence-corrected chi connectivity index (χ1v) is 6.87. The smallest absolute Gasteiger partial charge is 0.416 e. The van der Waals surface area contributed by atoms with Crippen molar-refractivity contribution in [3.8, 4) is 22.6 Å². The Morgan fingerprint density at radius 2 is 1.62 bits per heavy atom. The molecule has 0 saturated heterocycles. The van der Waals surface area contributed by atoms with E-state index in [1.807, 2.05) is 0 Å². The fourth-order valence-electron chi connectivity index (χ4n) is 2.33. The second-order valence-corrected chi connectivity index (χ2v) is 5.02. The molecule has 1 aromatic heterocycles.